The molecule has 10 heteroatoms. The molecule has 2 aromatic heterocycles. The van der Waals surface area contributed by atoms with Crippen molar-refractivity contribution in [3.8, 4) is 0 Å². The minimum Gasteiger partial charge on any atom is -0.395 e. The first-order chi connectivity index (χ1) is 12.4. The summed E-state index contributed by atoms with van der Waals surface area (Å²) in [5.41, 5.74) is -0.596. The van der Waals surface area contributed by atoms with Gasteiger partial charge in [0.2, 0.25) is 5.95 Å². The molecule has 8 nitrogen and oxygen atoms in total. The van der Waals surface area contributed by atoms with Crippen LogP contribution in [-0.4, -0.2) is 36.9 Å². The molecule has 0 aliphatic carbocycles. The molecule has 0 unspecified atom stereocenters. The molecule has 0 fully saturated rings. The quantitative estimate of drug-likeness (QED) is 0.677. The lowest BCUT2D eigenvalue weighted by Crippen LogP contribution is -2.37. The van der Waals surface area contributed by atoms with Crippen molar-refractivity contribution in [3.63, 3.8) is 0 Å². The van der Waals surface area contributed by atoms with Gasteiger partial charge in [-0.1, -0.05) is 17.7 Å². The maximum atomic E-state index is 14.2. The highest BCUT2D eigenvalue weighted by Gasteiger charge is 2.20. The topological polar surface area (TPSA) is 94.1 Å². The fourth-order valence-electron chi connectivity index (χ4n) is 2.74. The Morgan fingerprint density at radius 3 is 2.65 bits per heavy atom. The number of aliphatic hydroxyl groups excluding tert-OH is 1. The van der Waals surface area contributed by atoms with Gasteiger partial charge in [-0.2, -0.15) is 4.98 Å². The Morgan fingerprint density at radius 2 is 2.00 bits per heavy atom. The smallest absolute Gasteiger partial charge is 0.332 e. The molecule has 0 spiro atoms. The fraction of sp³-hybridized carbons (Fsp3) is 0.312. The third-order valence-corrected chi connectivity index (χ3v) is 4.47. The van der Waals surface area contributed by atoms with Crippen molar-refractivity contribution >= 4 is 28.7 Å². The first-order valence-electron chi connectivity index (χ1n) is 7.80. The number of aryl methyl sites for hydroxylation is 1. The molecule has 0 saturated heterocycles. The molecule has 0 atom stereocenters. The van der Waals surface area contributed by atoms with Crippen LogP contribution in [0, 0.1) is 5.82 Å². The Labute approximate surface area is 152 Å². The monoisotopic (exact) mass is 381 g/mol. The van der Waals surface area contributed by atoms with Gasteiger partial charge in [0, 0.05) is 31.2 Å². The number of hydrogen-bond donors (Lipinski definition) is 2. The number of benzene rings is 1. The Bertz CT molecular complexity index is 1080. The van der Waals surface area contributed by atoms with E-state index in [2.05, 4.69) is 10.3 Å². The SMILES string of the molecule is Cn1c(=O)c2c(nc(NCCO)n2Cc2c(F)cccc2Cl)n(C)c1=O. The number of imidazole rings is 1. The van der Waals surface area contributed by atoms with Crippen molar-refractivity contribution in [1.29, 1.82) is 0 Å². The van der Waals surface area contributed by atoms with Crippen molar-refractivity contribution in [2.24, 2.45) is 14.1 Å². The molecule has 0 aliphatic rings. The number of aliphatic hydroxyl groups is 1. The van der Waals surface area contributed by atoms with Gasteiger partial charge >= 0.3 is 5.69 Å². The van der Waals surface area contributed by atoms with Crippen LogP contribution in [0.5, 0.6) is 0 Å². The van der Waals surface area contributed by atoms with E-state index in [9.17, 15) is 14.0 Å². The molecule has 0 radical (unpaired) electrons. The lowest BCUT2D eigenvalue weighted by molar-refractivity contribution is 0.310. The highest BCUT2D eigenvalue weighted by atomic mass is 35.5. The third-order valence-electron chi connectivity index (χ3n) is 4.12. The van der Waals surface area contributed by atoms with Crippen molar-refractivity contribution < 1.29 is 9.50 Å². The molecule has 2 heterocycles. The molecule has 3 rings (SSSR count). The summed E-state index contributed by atoms with van der Waals surface area (Å²) in [5.74, 6) is -0.291. The zero-order chi connectivity index (χ0) is 19.0. The zero-order valence-electron chi connectivity index (χ0n) is 14.2. The highest BCUT2D eigenvalue weighted by molar-refractivity contribution is 6.31. The molecule has 26 heavy (non-hydrogen) atoms. The number of halogens is 2. The first-order valence-corrected chi connectivity index (χ1v) is 8.18. The molecule has 0 aliphatic heterocycles. The number of fused-ring (bicyclic) bond motifs is 1. The van der Waals surface area contributed by atoms with E-state index in [1.54, 1.807) is 6.07 Å². The van der Waals surface area contributed by atoms with E-state index in [1.807, 2.05) is 0 Å². The largest absolute Gasteiger partial charge is 0.395 e. The second-order valence-corrected chi connectivity index (χ2v) is 6.16. The summed E-state index contributed by atoms with van der Waals surface area (Å²) < 4.78 is 17.9. The lowest BCUT2D eigenvalue weighted by atomic mass is 10.2. The van der Waals surface area contributed by atoms with Gasteiger partial charge in [-0.25, -0.2) is 9.18 Å². The second-order valence-electron chi connectivity index (χ2n) is 5.75. The second kappa shape index (κ2) is 6.93. The maximum absolute atomic E-state index is 14.2. The predicted molar refractivity (Wildman–Crippen MR) is 96.3 cm³/mol. The number of anilines is 1. The van der Waals surface area contributed by atoms with E-state index in [4.69, 9.17) is 16.7 Å². The maximum Gasteiger partial charge on any atom is 0.332 e. The van der Waals surface area contributed by atoms with Crippen LogP contribution >= 0.6 is 11.6 Å². The number of hydrogen-bond acceptors (Lipinski definition) is 5. The van der Waals surface area contributed by atoms with Crippen LogP contribution in [-0.2, 0) is 20.6 Å². The first kappa shape index (κ1) is 18.2. The third kappa shape index (κ3) is 2.89. The summed E-state index contributed by atoms with van der Waals surface area (Å²) in [6.07, 6.45) is 0. The molecular weight excluding hydrogens is 365 g/mol. The summed E-state index contributed by atoms with van der Waals surface area (Å²) in [6, 6.07) is 4.31. The van der Waals surface area contributed by atoms with E-state index in [1.165, 1.54) is 35.4 Å². The number of nitrogens with zero attached hydrogens (tertiary/aromatic N) is 4. The molecule has 2 N–H and O–H groups in total. The molecule has 0 saturated carbocycles. The van der Waals surface area contributed by atoms with Crippen molar-refractivity contribution in [1.82, 2.24) is 18.7 Å². The Kier molecular flexibility index (Phi) is 4.84. The van der Waals surface area contributed by atoms with E-state index >= 15 is 0 Å². The van der Waals surface area contributed by atoms with E-state index < -0.39 is 17.1 Å². The van der Waals surface area contributed by atoms with Crippen LogP contribution in [0.25, 0.3) is 11.2 Å². The van der Waals surface area contributed by atoms with Crippen molar-refractivity contribution in [2.75, 3.05) is 18.5 Å². The molecule has 3 aromatic rings. The summed E-state index contributed by atoms with van der Waals surface area (Å²) in [4.78, 5) is 29.1. The Morgan fingerprint density at radius 1 is 1.27 bits per heavy atom. The van der Waals surface area contributed by atoms with Gasteiger partial charge in [0.15, 0.2) is 11.2 Å². The number of nitrogens with one attached hydrogen (secondary N) is 1. The van der Waals surface area contributed by atoms with Crippen molar-refractivity contribution in [3.05, 3.63) is 55.4 Å². The highest BCUT2D eigenvalue weighted by Crippen LogP contribution is 2.24. The summed E-state index contributed by atoms with van der Waals surface area (Å²) in [5, 5.41) is 12.2. The zero-order valence-corrected chi connectivity index (χ0v) is 14.9. The van der Waals surface area contributed by atoms with Crippen molar-refractivity contribution in [2.45, 2.75) is 6.54 Å². The molecular formula is C16H17ClFN5O3. The Hall–Kier alpha value is -2.65. The standard InChI is InChI=1S/C16H17ClFN5O3/c1-21-13-12(14(25)22(2)16(21)26)23(15(20-13)19-6-7-24)8-9-10(17)4-3-5-11(9)18/h3-5,24H,6-8H2,1-2H3,(H,19,20). The van der Waals surface area contributed by atoms with Gasteiger partial charge in [0.25, 0.3) is 5.56 Å². The van der Waals surface area contributed by atoms with Gasteiger partial charge in [-0.15, -0.1) is 0 Å². The molecule has 1 aromatic carbocycles. The van der Waals surface area contributed by atoms with Gasteiger partial charge < -0.3 is 10.4 Å². The lowest BCUT2D eigenvalue weighted by Gasteiger charge is -2.12. The van der Waals surface area contributed by atoms with Crippen LogP contribution in [0.15, 0.2) is 27.8 Å². The minimum absolute atomic E-state index is 0.0663. The summed E-state index contributed by atoms with van der Waals surface area (Å²) in [6.45, 7) is -0.0631. The van der Waals surface area contributed by atoms with E-state index in [0.29, 0.717) is 0 Å². The van der Waals surface area contributed by atoms with Gasteiger partial charge in [-0.3, -0.25) is 18.5 Å². The Balaban J connectivity index is 2.31. The molecule has 138 valence electrons. The predicted octanol–water partition coefficient (Wildman–Crippen LogP) is 0.679. The van der Waals surface area contributed by atoms with Crippen LogP contribution in [0.1, 0.15) is 5.56 Å². The fourth-order valence-corrected chi connectivity index (χ4v) is 2.97. The number of aromatic nitrogens is 4. The molecule has 0 amide bonds. The minimum atomic E-state index is -0.555. The summed E-state index contributed by atoms with van der Waals surface area (Å²) in [7, 11) is 2.85. The van der Waals surface area contributed by atoms with Crippen LogP contribution in [0.2, 0.25) is 5.02 Å². The number of rotatable bonds is 5. The normalized spacial score (nSPS) is 11.3. The molecule has 0 bridgehead atoms. The van der Waals surface area contributed by atoms with Crippen LogP contribution < -0.4 is 16.6 Å². The van der Waals surface area contributed by atoms with Gasteiger partial charge in [0.1, 0.15) is 5.82 Å². The summed E-state index contributed by atoms with van der Waals surface area (Å²) >= 11 is 6.11. The van der Waals surface area contributed by atoms with Crippen LogP contribution in [0.4, 0.5) is 10.3 Å². The van der Waals surface area contributed by atoms with E-state index in [0.717, 1.165) is 4.57 Å². The van der Waals surface area contributed by atoms with Gasteiger partial charge in [-0.05, 0) is 12.1 Å². The van der Waals surface area contributed by atoms with Gasteiger partial charge in [0.05, 0.1) is 13.2 Å². The van der Waals surface area contributed by atoms with Crippen LogP contribution in [0.3, 0.4) is 0 Å². The average molecular weight is 382 g/mol. The average Bonchev–Trinajstić information content (AvgIpc) is 2.98. The van der Waals surface area contributed by atoms with E-state index in [-0.39, 0.29) is 47.4 Å².